The topological polar surface area (TPSA) is 50.4 Å². The van der Waals surface area contributed by atoms with E-state index in [0.29, 0.717) is 13.2 Å². The van der Waals surface area contributed by atoms with Gasteiger partial charge in [-0.2, -0.15) is 0 Å². The van der Waals surface area contributed by atoms with Gasteiger partial charge in [-0.25, -0.2) is 0 Å². The third kappa shape index (κ3) is 4.56. The van der Waals surface area contributed by atoms with Crippen molar-refractivity contribution < 1.29 is 9.53 Å². The fraction of sp³-hybridized carbons (Fsp3) is 0.533. The van der Waals surface area contributed by atoms with Gasteiger partial charge in [-0.3, -0.25) is 4.79 Å². The number of hydrogen-bond acceptors (Lipinski definition) is 3. The Morgan fingerprint density at radius 1 is 1.42 bits per heavy atom. The molecule has 0 radical (unpaired) electrons. The van der Waals surface area contributed by atoms with Crippen LogP contribution in [0.2, 0.25) is 0 Å². The Morgan fingerprint density at radius 3 is 2.95 bits per heavy atom. The molecule has 4 nitrogen and oxygen atoms in total. The number of hydrogen-bond donors (Lipinski definition) is 2. The second kappa shape index (κ2) is 7.14. The van der Waals surface area contributed by atoms with Crippen molar-refractivity contribution in [2.24, 2.45) is 5.92 Å². The number of amides is 1. The van der Waals surface area contributed by atoms with E-state index >= 15 is 0 Å². The molecule has 1 aliphatic heterocycles. The van der Waals surface area contributed by atoms with Gasteiger partial charge >= 0.3 is 0 Å². The first kappa shape index (κ1) is 13.9. The molecule has 2 N–H and O–H groups in total. The molecule has 1 aromatic rings. The molecule has 1 aliphatic rings. The van der Waals surface area contributed by atoms with Crippen LogP contribution in [0.15, 0.2) is 24.3 Å². The number of ether oxygens (including phenoxy) is 1. The van der Waals surface area contributed by atoms with Gasteiger partial charge in [0.05, 0.1) is 6.54 Å². The summed E-state index contributed by atoms with van der Waals surface area (Å²) in [6, 6.07) is 7.93. The van der Waals surface area contributed by atoms with Crippen LogP contribution in [0.25, 0.3) is 0 Å². The van der Waals surface area contributed by atoms with E-state index in [0.717, 1.165) is 31.7 Å². The number of benzene rings is 1. The maximum atomic E-state index is 11.9. The van der Waals surface area contributed by atoms with Gasteiger partial charge in [0.25, 0.3) is 0 Å². The Kier molecular flexibility index (Phi) is 5.21. The Labute approximate surface area is 114 Å². The van der Waals surface area contributed by atoms with Crippen LogP contribution >= 0.6 is 0 Å². The predicted molar refractivity (Wildman–Crippen MR) is 75.3 cm³/mol. The minimum absolute atomic E-state index is 0.161. The van der Waals surface area contributed by atoms with Gasteiger partial charge in [-0.15, -0.1) is 0 Å². The summed E-state index contributed by atoms with van der Waals surface area (Å²) in [5, 5.41) is 6.20. The highest BCUT2D eigenvalue weighted by Crippen LogP contribution is 2.12. The molecule has 1 fully saturated rings. The van der Waals surface area contributed by atoms with Crippen molar-refractivity contribution in [1.29, 1.82) is 0 Å². The smallest absolute Gasteiger partial charge is 0.223 e. The molecule has 0 spiro atoms. The molecular weight excluding hydrogens is 240 g/mol. The van der Waals surface area contributed by atoms with Crippen LogP contribution < -0.4 is 15.4 Å². The summed E-state index contributed by atoms with van der Waals surface area (Å²) >= 11 is 0. The van der Waals surface area contributed by atoms with E-state index in [1.54, 1.807) is 0 Å². The van der Waals surface area contributed by atoms with Gasteiger partial charge in [-0.1, -0.05) is 12.1 Å². The molecule has 0 unspecified atom stereocenters. The van der Waals surface area contributed by atoms with Crippen molar-refractivity contribution in [3.05, 3.63) is 29.8 Å². The van der Waals surface area contributed by atoms with Crippen molar-refractivity contribution in [2.45, 2.75) is 19.8 Å². The highest BCUT2D eigenvalue weighted by molar-refractivity contribution is 5.78. The Bertz CT molecular complexity index is 414. The van der Waals surface area contributed by atoms with E-state index in [4.69, 9.17) is 4.74 Å². The lowest BCUT2D eigenvalue weighted by Gasteiger charge is -2.21. The van der Waals surface area contributed by atoms with Crippen LogP contribution in [0.5, 0.6) is 5.75 Å². The van der Waals surface area contributed by atoms with E-state index in [9.17, 15) is 4.79 Å². The zero-order valence-electron chi connectivity index (χ0n) is 11.4. The highest BCUT2D eigenvalue weighted by atomic mass is 16.5. The number of aryl methyl sites for hydroxylation is 1. The molecule has 0 aliphatic carbocycles. The monoisotopic (exact) mass is 262 g/mol. The number of rotatable bonds is 5. The molecule has 1 heterocycles. The van der Waals surface area contributed by atoms with Crippen molar-refractivity contribution in [3.63, 3.8) is 0 Å². The number of carbonyl (C=O) groups excluding carboxylic acids is 1. The minimum Gasteiger partial charge on any atom is -0.492 e. The van der Waals surface area contributed by atoms with E-state index in [-0.39, 0.29) is 11.8 Å². The molecule has 0 bridgehead atoms. The zero-order valence-corrected chi connectivity index (χ0v) is 11.4. The molecule has 2 rings (SSSR count). The van der Waals surface area contributed by atoms with E-state index in [1.165, 1.54) is 5.56 Å². The Balaban J connectivity index is 1.65. The van der Waals surface area contributed by atoms with Gasteiger partial charge in [-0.05, 0) is 50.6 Å². The Hall–Kier alpha value is -1.55. The maximum Gasteiger partial charge on any atom is 0.223 e. The number of carbonyl (C=O) groups is 1. The van der Waals surface area contributed by atoms with E-state index in [1.807, 2.05) is 31.2 Å². The molecule has 0 saturated carbocycles. The molecule has 19 heavy (non-hydrogen) atoms. The molecule has 4 heteroatoms. The standard InChI is InChI=1S/C15H22N2O2/c1-12-3-2-4-14(11-12)19-10-9-17-15(18)13-5-7-16-8-6-13/h2-4,11,13,16H,5-10H2,1H3,(H,17,18). The lowest BCUT2D eigenvalue weighted by Crippen LogP contribution is -2.39. The lowest BCUT2D eigenvalue weighted by molar-refractivity contribution is -0.125. The lowest BCUT2D eigenvalue weighted by atomic mass is 9.97. The van der Waals surface area contributed by atoms with Crippen molar-refractivity contribution in [3.8, 4) is 5.75 Å². The van der Waals surface area contributed by atoms with Crippen LogP contribution in [0.4, 0.5) is 0 Å². The highest BCUT2D eigenvalue weighted by Gasteiger charge is 2.20. The van der Waals surface area contributed by atoms with Crippen LogP contribution in [0.3, 0.4) is 0 Å². The fourth-order valence-corrected chi connectivity index (χ4v) is 2.28. The van der Waals surface area contributed by atoms with Crippen LogP contribution in [0.1, 0.15) is 18.4 Å². The minimum atomic E-state index is 0.161. The van der Waals surface area contributed by atoms with Crippen molar-refractivity contribution >= 4 is 5.91 Å². The van der Waals surface area contributed by atoms with Crippen LogP contribution in [-0.4, -0.2) is 32.1 Å². The van der Waals surface area contributed by atoms with Crippen molar-refractivity contribution in [2.75, 3.05) is 26.2 Å². The number of nitrogens with one attached hydrogen (secondary N) is 2. The van der Waals surface area contributed by atoms with E-state index in [2.05, 4.69) is 10.6 Å². The second-order valence-corrected chi connectivity index (χ2v) is 4.98. The first-order valence-electron chi connectivity index (χ1n) is 6.93. The molecule has 0 atom stereocenters. The van der Waals surface area contributed by atoms with Crippen LogP contribution in [0, 0.1) is 12.8 Å². The number of piperidine rings is 1. The first-order chi connectivity index (χ1) is 9.25. The summed E-state index contributed by atoms with van der Waals surface area (Å²) < 4.78 is 5.60. The largest absolute Gasteiger partial charge is 0.492 e. The normalized spacial score (nSPS) is 16.1. The van der Waals surface area contributed by atoms with Gasteiger partial charge in [0, 0.05) is 5.92 Å². The predicted octanol–water partition coefficient (Wildman–Crippen LogP) is 1.49. The molecular formula is C15H22N2O2. The summed E-state index contributed by atoms with van der Waals surface area (Å²) in [6.45, 7) is 5.00. The molecule has 1 aromatic carbocycles. The SMILES string of the molecule is Cc1cccc(OCCNC(=O)C2CCNCC2)c1. The average molecular weight is 262 g/mol. The van der Waals surface area contributed by atoms with Crippen molar-refractivity contribution in [1.82, 2.24) is 10.6 Å². The third-order valence-electron chi connectivity index (χ3n) is 3.37. The third-order valence-corrected chi connectivity index (χ3v) is 3.37. The second-order valence-electron chi connectivity index (χ2n) is 4.98. The first-order valence-corrected chi connectivity index (χ1v) is 6.93. The summed E-state index contributed by atoms with van der Waals surface area (Å²) in [5.74, 6) is 1.19. The molecule has 1 saturated heterocycles. The Morgan fingerprint density at radius 2 is 2.21 bits per heavy atom. The zero-order chi connectivity index (χ0) is 13.5. The molecule has 0 aromatic heterocycles. The fourth-order valence-electron chi connectivity index (χ4n) is 2.28. The van der Waals surface area contributed by atoms with Gasteiger partial charge in [0.2, 0.25) is 5.91 Å². The molecule has 104 valence electrons. The quantitative estimate of drug-likeness (QED) is 0.790. The van der Waals surface area contributed by atoms with Gasteiger partial charge in [0.15, 0.2) is 0 Å². The summed E-state index contributed by atoms with van der Waals surface area (Å²) in [7, 11) is 0. The summed E-state index contributed by atoms with van der Waals surface area (Å²) in [4.78, 5) is 11.9. The van der Waals surface area contributed by atoms with Gasteiger partial charge < -0.3 is 15.4 Å². The van der Waals surface area contributed by atoms with Gasteiger partial charge in [0.1, 0.15) is 12.4 Å². The maximum absolute atomic E-state index is 11.9. The summed E-state index contributed by atoms with van der Waals surface area (Å²) in [5.41, 5.74) is 1.18. The summed E-state index contributed by atoms with van der Waals surface area (Å²) in [6.07, 6.45) is 1.87. The molecule has 1 amide bonds. The van der Waals surface area contributed by atoms with E-state index < -0.39 is 0 Å². The average Bonchev–Trinajstić information content (AvgIpc) is 2.44. The van der Waals surface area contributed by atoms with Crippen LogP contribution in [-0.2, 0) is 4.79 Å².